The van der Waals surface area contributed by atoms with Crippen LogP contribution in [-0.4, -0.2) is 262 Å². The van der Waals surface area contributed by atoms with Gasteiger partial charge in [0.1, 0.15) is 80.6 Å². The van der Waals surface area contributed by atoms with Crippen molar-refractivity contribution in [3.8, 4) is 0 Å². The van der Waals surface area contributed by atoms with Gasteiger partial charge in [0.15, 0.2) is 0 Å². The van der Waals surface area contributed by atoms with Gasteiger partial charge in [-0.25, -0.2) is 0 Å². The molecule has 3 fully saturated rings. The van der Waals surface area contributed by atoms with E-state index in [1.165, 1.54) is 109 Å². The summed E-state index contributed by atoms with van der Waals surface area (Å²) in [5, 5.41) is 66.2. The van der Waals surface area contributed by atoms with Crippen LogP contribution in [0.1, 0.15) is 200 Å². The summed E-state index contributed by atoms with van der Waals surface area (Å²) in [6, 6.07) is 9.58. The molecule has 0 aliphatic carbocycles. The Morgan fingerprint density at radius 3 is 1.37 bits per heavy atom. The van der Waals surface area contributed by atoms with E-state index in [2.05, 4.69) is 69.1 Å². The molecule has 2 aromatic rings. The van der Waals surface area contributed by atoms with E-state index in [4.69, 9.17) is 5.73 Å². The first-order valence-electron chi connectivity index (χ1n) is 40.3. The largest absolute Gasteiger partial charge is 0.394 e. The maximum Gasteiger partial charge on any atom is 0.248 e. The minimum atomic E-state index is -1.91. The molecule has 18 N–H and O–H groups in total. The van der Waals surface area contributed by atoms with E-state index in [9.17, 15) is 96.8 Å². The summed E-state index contributed by atoms with van der Waals surface area (Å²) in [5.74, 6) is -14.0. The second-order valence-electron chi connectivity index (χ2n) is 35.3. The molecular weight excluding hydrogens is 1540 g/mol. The molecular formula is C82H127N17O20. The van der Waals surface area contributed by atoms with Crippen LogP contribution in [0.25, 0.3) is 0 Å². The lowest BCUT2D eigenvalue weighted by Crippen LogP contribution is -2.68. The Morgan fingerprint density at radius 1 is 0.462 bits per heavy atom. The fraction of sp³-hybridized carbons (Fsp3) is 0.646. The highest BCUT2D eigenvalue weighted by Crippen LogP contribution is 2.29. The summed E-state index contributed by atoms with van der Waals surface area (Å²) < 4.78 is 0. The number of aliphatic hydroxyl groups is 3. The van der Waals surface area contributed by atoms with Crippen molar-refractivity contribution in [2.24, 2.45) is 11.7 Å². The van der Waals surface area contributed by atoms with E-state index in [-0.39, 0.29) is 64.1 Å². The van der Waals surface area contributed by atoms with Crippen molar-refractivity contribution in [2.45, 2.75) is 301 Å². The summed E-state index contributed by atoms with van der Waals surface area (Å²) in [4.78, 5) is 240. The van der Waals surface area contributed by atoms with E-state index >= 15 is 0 Å². The molecule has 11 unspecified atom stereocenters. The molecule has 3 aliphatic heterocycles. The first kappa shape index (κ1) is 98.9. The standard InChI is InChI=1S/C82H127N17O20/c1-20-81(18,96-70(115)78(12,13)94-69(114)77(10,11)93-67(112)75(6,7)90-63(108)55(85-47(5)101)39-49-31-26-23-27-32-49)71(116)84-42-60(105)87-54(37-46(3)4)62(107)89-76(8,9)68(113)95-80(16,17)73(118)98-43-51(102)40-57(98)65(110)88-53(34-35-59(83)104)61(106)92-82(19,21-2)74(119)99-44-52(103)41-58(99)66(111)91-79(14,15)72(117)97-36-28-33-56(97)64(109)86-50(45-100)38-48-29-24-22-25-30-48/h22-27,29-32,46,50-58,100,102-103H,20-21,28,33-45H2,1-19H3,(H2,83,104)(H,84,116)(H,85,101)(H,86,109)(H,87,105)(H,88,110)(H,89,107)(H,90,108)(H,91,111)(H,92,106)(H,93,112)(H,94,114)(H,95,113)(H,96,115). The molecule has 5 rings (SSSR count). The number of primary amides is 1. The number of nitrogens with two attached hydrogens (primary N) is 1. The van der Waals surface area contributed by atoms with Crippen LogP contribution in [0.3, 0.4) is 0 Å². The zero-order chi connectivity index (χ0) is 90.1. The predicted octanol–water partition coefficient (Wildman–Crippen LogP) is -2.30. The lowest BCUT2D eigenvalue weighted by atomic mass is 9.93. The van der Waals surface area contributed by atoms with Crippen molar-refractivity contribution >= 4 is 100 Å². The Bertz CT molecular complexity index is 4080. The number of nitrogens with zero attached hydrogens (tertiary/aromatic N) is 3. The lowest BCUT2D eigenvalue weighted by Gasteiger charge is -2.38. The Balaban J connectivity index is 1.18. The predicted molar refractivity (Wildman–Crippen MR) is 436 cm³/mol. The number of nitrogens with one attached hydrogen (secondary N) is 13. The molecule has 0 spiro atoms. The molecule has 37 nitrogen and oxygen atoms in total. The maximum atomic E-state index is 14.8. The lowest BCUT2D eigenvalue weighted by molar-refractivity contribution is -0.149. The van der Waals surface area contributed by atoms with Crippen LogP contribution in [0, 0.1) is 5.92 Å². The number of benzene rings is 2. The topological polar surface area (TPSA) is 543 Å². The molecule has 17 amide bonds. The van der Waals surface area contributed by atoms with Crippen molar-refractivity contribution in [1.82, 2.24) is 83.8 Å². The zero-order valence-electron chi connectivity index (χ0n) is 72.1. The van der Waals surface area contributed by atoms with Crippen molar-refractivity contribution in [3.05, 3.63) is 71.8 Å². The van der Waals surface area contributed by atoms with Gasteiger partial charge in [-0.05, 0) is 159 Å². The number of hydrogen-bond acceptors (Lipinski definition) is 20. The van der Waals surface area contributed by atoms with Gasteiger partial charge in [-0.2, -0.15) is 0 Å². The van der Waals surface area contributed by atoms with Gasteiger partial charge in [0, 0.05) is 52.2 Å². The normalized spacial score (nSPS) is 19.1. The van der Waals surface area contributed by atoms with Crippen molar-refractivity contribution < 1.29 is 96.8 Å². The van der Waals surface area contributed by atoms with Crippen molar-refractivity contribution in [2.75, 3.05) is 32.8 Å². The number of likely N-dealkylation sites (tertiary alicyclic amines) is 3. The van der Waals surface area contributed by atoms with Crippen LogP contribution in [0.2, 0.25) is 0 Å². The second-order valence-corrected chi connectivity index (χ2v) is 35.3. The van der Waals surface area contributed by atoms with E-state index in [1.807, 2.05) is 30.3 Å². The highest BCUT2D eigenvalue weighted by atomic mass is 16.3. The molecule has 0 radical (unpaired) electrons. The minimum Gasteiger partial charge on any atom is -0.394 e. The molecule has 0 aromatic heterocycles. The van der Waals surface area contributed by atoms with E-state index in [0.29, 0.717) is 19.3 Å². The van der Waals surface area contributed by atoms with Gasteiger partial charge < -0.3 is 105 Å². The third kappa shape index (κ3) is 27.2. The van der Waals surface area contributed by atoms with Gasteiger partial charge in [-0.15, -0.1) is 0 Å². The zero-order valence-corrected chi connectivity index (χ0v) is 72.1. The molecule has 3 heterocycles. The van der Waals surface area contributed by atoms with Crippen molar-refractivity contribution in [3.63, 3.8) is 0 Å². The molecule has 37 heteroatoms. The molecule has 11 atom stereocenters. The third-order valence-electron chi connectivity index (χ3n) is 21.6. The molecule has 0 saturated carbocycles. The SMILES string of the molecule is CCC(C)(NC(=O)C(C)(C)NC(=O)C(C)(C)NC(=O)C(C)(C)NC(=O)C(Cc1ccccc1)NC(C)=O)C(=O)NCC(=O)NC(CC(C)C)C(=O)NC(C)(C)C(=O)NC(C)(C)C(=O)N1CC(O)CC1C(=O)NC(CCC(N)=O)C(=O)NC(C)(CC)C(=O)N1CC(O)CC1C(=O)NC(C)(C)C(=O)N1CCCC1C(=O)NC(CO)Cc1ccccc1. The van der Waals surface area contributed by atoms with Crippen molar-refractivity contribution in [1.29, 1.82) is 0 Å². The summed E-state index contributed by atoms with van der Waals surface area (Å²) in [6.45, 7) is 25.2. The van der Waals surface area contributed by atoms with Crippen LogP contribution in [0.15, 0.2) is 60.7 Å². The smallest absolute Gasteiger partial charge is 0.248 e. The summed E-state index contributed by atoms with van der Waals surface area (Å²) in [5.41, 5.74) is -6.99. The highest BCUT2D eigenvalue weighted by molar-refractivity contribution is 6.04. The highest BCUT2D eigenvalue weighted by Gasteiger charge is 2.52. The first-order chi connectivity index (χ1) is 55.0. The molecule has 3 aliphatic rings. The van der Waals surface area contributed by atoms with Gasteiger partial charge in [0.25, 0.3) is 0 Å². The molecule has 2 aromatic carbocycles. The minimum absolute atomic E-state index is 0.00834. The number of carbonyl (C=O) groups is 17. The van der Waals surface area contributed by atoms with Crippen LogP contribution in [-0.2, 0) is 94.3 Å². The molecule has 3 saturated heterocycles. The molecule has 660 valence electrons. The molecule has 0 bridgehead atoms. The third-order valence-corrected chi connectivity index (χ3v) is 21.6. The number of hydrogen-bond donors (Lipinski definition) is 17. The number of amides is 17. The van der Waals surface area contributed by atoms with Gasteiger partial charge in [-0.1, -0.05) is 88.4 Å². The van der Waals surface area contributed by atoms with E-state index in [0.717, 1.165) is 20.9 Å². The number of β-amino-alcohol motifs (C(OH)–C–C–N with tert-alkyl or cyclic N) is 2. The fourth-order valence-corrected chi connectivity index (χ4v) is 13.9. The maximum absolute atomic E-state index is 14.8. The first-order valence-corrected chi connectivity index (χ1v) is 40.3. The second kappa shape index (κ2) is 40.8. The molecule has 119 heavy (non-hydrogen) atoms. The average molecular weight is 1670 g/mol. The summed E-state index contributed by atoms with van der Waals surface area (Å²) >= 11 is 0. The average Bonchev–Trinajstić information content (AvgIpc) is 1.70. The van der Waals surface area contributed by atoms with E-state index < -0.39 is 225 Å². The monoisotopic (exact) mass is 1670 g/mol. The van der Waals surface area contributed by atoms with Gasteiger partial charge in [-0.3, -0.25) is 81.5 Å². The Hall–Kier alpha value is -10.7. The summed E-state index contributed by atoms with van der Waals surface area (Å²) in [7, 11) is 0. The van der Waals surface area contributed by atoms with Crippen LogP contribution < -0.4 is 74.9 Å². The van der Waals surface area contributed by atoms with Gasteiger partial charge in [0.05, 0.1) is 31.4 Å². The van der Waals surface area contributed by atoms with Crippen LogP contribution in [0.5, 0.6) is 0 Å². The Labute approximate surface area is 695 Å². The number of rotatable bonds is 40. The van der Waals surface area contributed by atoms with Gasteiger partial charge >= 0.3 is 0 Å². The van der Waals surface area contributed by atoms with Gasteiger partial charge in [0.2, 0.25) is 100 Å². The quantitative estimate of drug-likeness (QED) is 0.0334. The number of carbonyl (C=O) groups excluding carboxylic acids is 17. The van der Waals surface area contributed by atoms with Crippen LogP contribution in [0.4, 0.5) is 0 Å². The van der Waals surface area contributed by atoms with E-state index in [1.54, 1.807) is 58.0 Å². The number of aliphatic hydroxyl groups excluding tert-OH is 3. The summed E-state index contributed by atoms with van der Waals surface area (Å²) in [6.07, 6.45) is -3.11. The Morgan fingerprint density at radius 2 is 0.891 bits per heavy atom. The van der Waals surface area contributed by atoms with Crippen LogP contribution >= 0.6 is 0 Å². The Kier molecular flexibility index (Phi) is 33.9. The fourth-order valence-electron chi connectivity index (χ4n) is 13.9.